The van der Waals surface area contributed by atoms with E-state index in [9.17, 15) is 0 Å². The first kappa shape index (κ1) is 13.6. The number of nitrogens with one attached hydrogen (secondary N) is 1. The van der Waals surface area contributed by atoms with Crippen molar-refractivity contribution in [3.63, 3.8) is 0 Å². The summed E-state index contributed by atoms with van der Waals surface area (Å²) < 4.78 is 0. The molecule has 0 aliphatic carbocycles. The van der Waals surface area contributed by atoms with Crippen LogP contribution >= 0.6 is 11.3 Å². The van der Waals surface area contributed by atoms with E-state index in [1.807, 2.05) is 7.05 Å². The summed E-state index contributed by atoms with van der Waals surface area (Å²) in [5.74, 6) is 1.78. The van der Waals surface area contributed by atoms with Crippen LogP contribution in [0.4, 0.5) is 11.8 Å². The Bertz CT molecular complexity index is 623. The summed E-state index contributed by atoms with van der Waals surface area (Å²) in [7, 11) is 4.05. The minimum absolute atomic E-state index is 0.469. The van der Waals surface area contributed by atoms with Crippen molar-refractivity contribution in [2.24, 2.45) is 0 Å². The SMILES string of the molecule is CNc1nc(N2CCN(C)CC2C)c2cc(C)sc2n1. The number of hydrogen-bond donors (Lipinski definition) is 1. The van der Waals surface area contributed by atoms with E-state index in [1.54, 1.807) is 11.3 Å². The third-order valence-electron chi connectivity index (χ3n) is 3.82. The van der Waals surface area contributed by atoms with E-state index in [-0.39, 0.29) is 0 Å². The highest BCUT2D eigenvalue weighted by Gasteiger charge is 2.25. The minimum atomic E-state index is 0.469. The molecule has 2 aromatic heterocycles. The first-order chi connectivity index (χ1) is 9.58. The van der Waals surface area contributed by atoms with Crippen LogP contribution in [0.2, 0.25) is 0 Å². The highest BCUT2D eigenvalue weighted by atomic mass is 32.1. The van der Waals surface area contributed by atoms with Crippen LogP contribution in [0.1, 0.15) is 11.8 Å². The van der Waals surface area contributed by atoms with E-state index in [0.717, 1.165) is 30.3 Å². The van der Waals surface area contributed by atoms with Crippen LogP contribution in [0.3, 0.4) is 0 Å². The zero-order chi connectivity index (χ0) is 14.3. The summed E-state index contributed by atoms with van der Waals surface area (Å²) in [6.45, 7) is 7.56. The van der Waals surface area contributed by atoms with Gasteiger partial charge in [-0.05, 0) is 27.0 Å². The molecule has 0 spiro atoms. The van der Waals surface area contributed by atoms with Gasteiger partial charge in [0.15, 0.2) is 0 Å². The number of nitrogens with zero attached hydrogens (tertiary/aromatic N) is 4. The number of anilines is 2. The quantitative estimate of drug-likeness (QED) is 0.919. The van der Waals surface area contributed by atoms with Crippen LogP contribution in [0.15, 0.2) is 6.07 Å². The summed E-state index contributed by atoms with van der Waals surface area (Å²) in [6, 6.07) is 2.68. The maximum atomic E-state index is 4.72. The molecule has 2 aromatic rings. The number of thiophene rings is 1. The van der Waals surface area contributed by atoms with Gasteiger partial charge in [-0.15, -0.1) is 11.3 Å². The maximum Gasteiger partial charge on any atom is 0.225 e. The third kappa shape index (κ3) is 2.33. The fourth-order valence-corrected chi connectivity index (χ4v) is 3.69. The Morgan fingerprint density at radius 3 is 2.85 bits per heavy atom. The zero-order valence-electron chi connectivity index (χ0n) is 12.5. The second-order valence-electron chi connectivity index (χ2n) is 5.50. The Kier molecular flexibility index (Phi) is 3.52. The molecule has 1 N–H and O–H groups in total. The second-order valence-corrected chi connectivity index (χ2v) is 6.74. The van der Waals surface area contributed by atoms with Crippen molar-refractivity contribution in [2.45, 2.75) is 19.9 Å². The second kappa shape index (κ2) is 5.18. The summed E-state index contributed by atoms with van der Waals surface area (Å²) in [4.78, 5) is 16.4. The number of piperazine rings is 1. The minimum Gasteiger partial charge on any atom is -0.357 e. The molecule has 1 unspecified atom stereocenters. The Morgan fingerprint density at radius 1 is 1.35 bits per heavy atom. The molecule has 20 heavy (non-hydrogen) atoms. The average Bonchev–Trinajstić information content (AvgIpc) is 2.78. The van der Waals surface area contributed by atoms with Gasteiger partial charge in [-0.3, -0.25) is 0 Å². The van der Waals surface area contributed by atoms with Crippen molar-refractivity contribution in [2.75, 3.05) is 43.9 Å². The van der Waals surface area contributed by atoms with Crippen LogP contribution in [0.5, 0.6) is 0 Å². The molecule has 0 saturated carbocycles. The molecular formula is C14H21N5S. The molecule has 3 rings (SSSR count). The number of aromatic nitrogens is 2. The van der Waals surface area contributed by atoms with Crippen molar-refractivity contribution in [1.29, 1.82) is 0 Å². The topological polar surface area (TPSA) is 44.3 Å². The normalized spacial score (nSPS) is 20.6. The lowest BCUT2D eigenvalue weighted by Crippen LogP contribution is -2.50. The summed E-state index contributed by atoms with van der Waals surface area (Å²) >= 11 is 1.73. The lowest BCUT2D eigenvalue weighted by molar-refractivity contribution is 0.275. The van der Waals surface area contributed by atoms with E-state index in [1.165, 1.54) is 10.3 Å². The van der Waals surface area contributed by atoms with Crippen molar-refractivity contribution in [1.82, 2.24) is 14.9 Å². The van der Waals surface area contributed by atoms with Gasteiger partial charge in [-0.25, -0.2) is 4.98 Å². The van der Waals surface area contributed by atoms with Gasteiger partial charge in [-0.1, -0.05) is 0 Å². The van der Waals surface area contributed by atoms with Crippen molar-refractivity contribution in [3.8, 4) is 0 Å². The molecular weight excluding hydrogens is 270 g/mol. The predicted molar refractivity (Wildman–Crippen MR) is 86.0 cm³/mol. The van der Waals surface area contributed by atoms with Crippen LogP contribution in [0.25, 0.3) is 10.2 Å². The first-order valence-corrected chi connectivity index (χ1v) is 7.81. The smallest absolute Gasteiger partial charge is 0.225 e. The molecule has 1 aliphatic heterocycles. The van der Waals surface area contributed by atoms with Crippen LogP contribution in [-0.4, -0.2) is 54.6 Å². The molecule has 6 heteroatoms. The van der Waals surface area contributed by atoms with E-state index in [0.29, 0.717) is 12.0 Å². The highest BCUT2D eigenvalue weighted by molar-refractivity contribution is 7.18. The molecule has 0 aromatic carbocycles. The van der Waals surface area contributed by atoms with Gasteiger partial charge in [0.25, 0.3) is 0 Å². The standard InChI is InChI=1S/C14H21N5S/c1-9-8-18(4)5-6-19(9)12-11-7-10(2)20-13(11)17-14(15-3)16-12/h7,9H,5-6,8H2,1-4H3,(H,15,16,17). The lowest BCUT2D eigenvalue weighted by atomic mass is 10.2. The number of hydrogen-bond acceptors (Lipinski definition) is 6. The molecule has 3 heterocycles. The van der Waals surface area contributed by atoms with E-state index >= 15 is 0 Å². The zero-order valence-corrected chi connectivity index (χ0v) is 13.3. The molecule has 0 radical (unpaired) electrons. The van der Waals surface area contributed by atoms with E-state index in [2.05, 4.69) is 47.1 Å². The number of rotatable bonds is 2. The molecule has 1 atom stereocenters. The Hall–Kier alpha value is -1.40. The van der Waals surface area contributed by atoms with E-state index in [4.69, 9.17) is 4.98 Å². The number of aryl methyl sites for hydroxylation is 1. The van der Waals surface area contributed by atoms with Gasteiger partial charge < -0.3 is 15.1 Å². The molecule has 108 valence electrons. The largest absolute Gasteiger partial charge is 0.357 e. The molecule has 0 bridgehead atoms. The van der Waals surface area contributed by atoms with Gasteiger partial charge in [0.05, 0.1) is 5.39 Å². The third-order valence-corrected chi connectivity index (χ3v) is 4.77. The summed E-state index contributed by atoms with van der Waals surface area (Å²) in [6.07, 6.45) is 0. The molecule has 1 aliphatic rings. The Morgan fingerprint density at radius 2 is 2.15 bits per heavy atom. The van der Waals surface area contributed by atoms with Gasteiger partial charge in [0.1, 0.15) is 10.6 Å². The fraction of sp³-hybridized carbons (Fsp3) is 0.571. The summed E-state index contributed by atoms with van der Waals surface area (Å²) in [5, 5.41) is 4.26. The number of fused-ring (bicyclic) bond motifs is 1. The van der Waals surface area contributed by atoms with Gasteiger partial charge in [0, 0.05) is 37.6 Å². The Labute approximate surface area is 123 Å². The van der Waals surface area contributed by atoms with Gasteiger partial charge in [-0.2, -0.15) is 4.98 Å². The van der Waals surface area contributed by atoms with Crippen LogP contribution in [-0.2, 0) is 0 Å². The fourth-order valence-electron chi connectivity index (χ4n) is 2.81. The molecule has 5 nitrogen and oxygen atoms in total. The molecule has 1 fully saturated rings. The van der Waals surface area contributed by atoms with Gasteiger partial charge in [0.2, 0.25) is 5.95 Å². The van der Waals surface area contributed by atoms with Crippen LogP contribution < -0.4 is 10.2 Å². The first-order valence-electron chi connectivity index (χ1n) is 6.99. The van der Waals surface area contributed by atoms with Crippen LogP contribution in [0, 0.1) is 6.92 Å². The highest BCUT2D eigenvalue weighted by Crippen LogP contribution is 2.33. The molecule has 1 saturated heterocycles. The van der Waals surface area contributed by atoms with Crippen molar-refractivity contribution >= 4 is 33.3 Å². The summed E-state index contributed by atoms with van der Waals surface area (Å²) in [5.41, 5.74) is 0. The average molecular weight is 291 g/mol. The van der Waals surface area contributed by atoms with E-state index < -0.39 is 0 Å². The maximum absolute atomic E-state index is 4.72. The van der Waals surface area contributed by atoms with Gasteiger partial charge >= 0.3 is 0 Å². The van der Waals surface area contributed by atoms with Crippen molar-refractivity contribution < 1.29 is 0 Å². The van der Waals surface area contributed by atoms with Crippen molar-refractivity contribution in [3.05, 3.63) is 10.9 Å². The number of likely N-dealkylation sites (N-methyl/N-ethyl adjacent to an activating group) is 1. The predicted octanol–water partition coefficient (Wildman–Crippen LogP) is 2.18. The Balaban J connectivity index is 2.09. The molecule has 0 amide bonds. The lowest BCUT2D eigenvalue weighted by Gasteiger charge is -2.39. The monoisotopic (exact) mass is 291 g/mol.